The fourth-order valence-corrected chi connectivity index (χ4v) is 2.00. The molecule has 0 bridgehead atoms. The summed E-state index contributed by atoms with van der Waals surface area (Å²) in [6, 6.07) is 10.9. The van der Waals surface area contributed by atoms with Gasteiger partial charge < -0.3 is 4.90 Å². The molecule has 2 nitrogen and oxygen atoms in total. The molecule has 1 aromatic carbocycles. The molecule has 1 aliphatic carbocycles. The molecule has 0 radical (unpaired) electrons. The minimum Gasteiger partial charge on any atom is -0.368 e. The molecule has 2 rings (SSSR count). The van der Waals surface area contributed by atoms with Crippen LogP contribution in [-0.2, 0) is 0 Å². The molecule has 0 amide bonds. The van der Waals surface area contributed by atoms with Crippen molar-refractivity contribution in [1.29, 1.82) is 5.26 Å². The summed E-state index contributed by atoms with van der Waals surface area (Å²) in [4.78, 5) is 2.45. The van der Waals surface area contributed by atoms with Crippen LogP contribution in [0.15, 0.2) is 24.3 Å². The number of nitrogens with zero attached hydrogens (tertiary/aromatic N) is 2. The summed E-state index contributed by atoms with van der Waals surface area (Å²) in [6.45, 7) is 5.56. The van der Waals surface area contributed by atoms with Gasteiger partial charge in [0.05, 0.1) is 11.6 Å². The number of hydrogen-bond donors (Lipinski definition) is 0. The van der Waals surface area contributed by atoms with Crippen molar-refractivity contribution in [3.05, 3.63) is 29.8 Å². The maximum Gasteiger partial charge on any atom is 0.0992 e. The topological polar surface area (TPSA) is 27.0 Å². The van der Waals surface area contributed by atoms with E-state index in [1.165, 1.54) is 18.5 Å². The van der Waals surface area contributed by atoms with Crippen LogP contribution in [0.2, 0.25) is 0 Å². The van der Waals surface area contributed by atoms with E-state index < -0.39 is 0 Å². The summed E-state index contributed by atoms with van der Waals surface area (Å²) >= 11 is 0. The van der Waals surface area contributed by atoms with Gasteiger partial charge in [-0.1, -0.05) is 19.9 Å². The van der Waals surface area contributed by atoms with E-state index in [4.69, 9.17) is 5.26 Å². The normalized spacial score (nSPS) is 14.9. The molecule has 2 heteroatoms. The highest BCUT2D eigenvalue weighted by atomic mass is 15.2. The summed E-state index contributed by atoms with van der Waals surface area (Å²) in [7, 11) is 0. The molecule has 1 aromatic rings. The Morgan fingerprint density at radius 3 is 2.75 bits per heavy atom. The summed E-state index contributed by atoms with van der Waals surface area (Å²) < 4.78 is 0. The van der Waals surface area contributed by atoms with Crippen LogP contribution in [0.4, 0.5) is 5.69 Å². The predicted octanol–water partition coefficient (Wildman–Crippen LogP) is 3.18. The van der Waals surface area contributed by atoms with Gasteiger partial charge in [-0.2, -0.15) is 5.26 Å². The van der Waals surface area contributed by atoms with E-state index in [9.17, 15) is 0 Å². The van der Waals surface area contributed by atoms with Gasteiger partial charge in [0, 0.05) is 18.3 Å². The number of rotatable bonds is 4. The van der Waals surface area contributed by atoms with Gasteiger partial charge in [0.15, 0.2) is 0 Å². The van der Waals surface area contributed by atoms with Gasteiger partial charge in [-0.15, -0.1) is 0 Å². The largest absolute Gasteiger partial charge is 0.368 e. The van der Waals surface area contributed by atoms with E-state index in [1.54, 1.807) is 0 Å². The van der Waals surface area contributed by atoms with Gasteiger partial charge in [0.1, 0.15) is 0 Å². The van der Waals surface area contributed by atoms with Gasteiger partial charge in [-0.05, 0) is 37.0 Å². The molecule has 0 atom stereocenters. The van der Waals surface area contributed by atoms with Gasteiger partial charge in [0.25, 0.3) is 0 Å². The molecule has 0 unspecified atom stereocenters. The Labute approximate surface area is 97.5 Å². The van der Waals surface area contributed by atoms with Crippen LogP contribution in [0.5, 0.6) is 0 Å². The summed E-state index contributed by atoms with van der Waals surface area (Å²) in [6.07, 6.45) is 2.59. The van der Waals surface area contributed by atoms with Crippen LogP contribution in [0.1, 0.15) is 32.3 Å². The molecule has 0 N–H and O–H groups in total. The Morgan fingerprint density at radius 1 is 1.44 bits per heavy atom. The van der Waals surface area contributed by atoms with Crippen LogP contribution in [0.25, 0.3) is 0 Å². The first-order valence-corrected chi connectivity index (χ1v) is 5.97. The molecule has 0 saturated heterocycles. The highest BCUT2D eigenvalue weighted by molar-refractivity contribution is 5.53. The Kier molecular flexibility index (Phi) is 3.14. The molecule has 16 heavy (non-hydrogen) atoms. The Hall–Kier alpha value is -1.49. The van der Waals surface area contributed by atoms with Gasteiger partial charge in [-0.25, -0.2) is 0 Å². The highest BCUT2D eigenvalue weighted by Gasteiger charge is 2.29. The fraction of sp³-hybridized carbons (Fsp3) is 0.500. The first kappa shape index (κ1) is 11.0. The van der Waals surface area contributed by atoms with Crippen molar-refractivity contribution in [2.24, 2.45) is 5.92 Å². The Morgan fingerprint density at radius 2 is 2.19 bits per heavy atom. The van der Waals surface area contributed by atoms with E-state index in [2.05, 4.69) is 30.9 Å². The van der Waals surface area contributed by atoms with Crippen molar-refractivity contribution in [2.45, 2.75) is 32.7 Å². The first-order valence-electron chi connectivity index (χ1n) is 5.97. The standard InChI is InChI=1S/C14H18N2/c1-11(2)10-16(13-6-7-13)14-5-3-4-12(8-14)9-15/h3-5,8,11,13H,6-7,10H2,1-2H3. The first-order chi connectivity index (χ1) is 7.70. The molecule has 84 valence electrons. The molecule has 0 heterocycles. The van der Waals surface area contributed by atoms with Crippen LogP contribution in [0, 0.1) is 17.2 Å². The fourth-order valence-electron chi connectivity index (χ4n) is 2.00. The predicted molar refractivity (Wildman–Crippen MR) is 66.4 cm³/mol. The van der Waals surface area contributed by atoms with Crippen molar-refractivity contribution < 1.29 is 0 Å². The lowest BCUT2D eigenvalue weighted by atomic mass is 10.1. The molecule has 1 saturated carbocycles. The average Bonchev–Trinajstić information content (AvgIpc) is 3.09. The Balaban J connectivity index is 2.21. The van der Waals surface area contributed by atoms with Gasteiger partial charge in [0.2, 0.25) is 0 Å². The maximum atomic E-state index is 8.91. The van der Waals surface area contributed by atoms with Crippen LogP contribution in [-0.4, -0.2) is 12.6 Å². The second kappa shape index (κ2) is 4.57. The third kappa shape index (κ3) is 2.55. The second-order valence-corrected chi connectivity index (χ2v) is 4.94. The zero-order valence-electron chi connectivity index (χ0n) is 9.98. The van der Waals surface area contributed by atoms with Crippen LogP contribution < -0.4 is 4.90 Å². The molecule has 0 aromatic heterocycles. The van der Waals surface area contributed by atoms with E-state index in [0.717, 1.165) is 12.1 Å². The van der Waals surface area contributed by atoms with Gasteiger partial charge in [-0.3, -0.25) is 0 Å². The number of hydrogen-bond acceptors (Lipinski definition) is 2. The smallest absolute Gasteiger partial charge is 0.0992 e. The molecule has 0 aliphatic heterocycles. The van der Waals surface area contributed by atoms with E-state index in [0.29, 0.717) is 12.0 Å². The zero-order chi connectivity index (χ0) is 11.5. The van der Waals surface area contributed by atoms with E-state index in [1.807, 2.05) is 18.2 Å². The average molecular weight is 214 g/mol. The highest BCUT2D eigenvalue weighted by Crippen LogP contribution is 2.32. The van der Waals surface area contributed by atoms with E-state index in [-0.39, 0.29) is 0 Å². The minimum absolute atomic E-state index is 0.659. The van der Waals surface area contributed by atoms with Crippen molar-refractivity contribution in [1.82, 2.24) is 0 Å². The molecular formula is C14H18N2. The second-order valence-electron chi connectivity index (χ2n) is 4.94. The summed E-state index contributed by atoms with van der Waals surface area (Å²) in [5.74, 6) is 0.659. The maximum absolute atomic E-state index is 8.91. The van der Waals surface area contributed by atoms with Crippen molar-refractivity contribution in [3.63, 3.8) is 0 Å². The van der Waals surface area contributed by atoms with Crippen LogP contribution in [0.3, 0.4) is 0 Å². The molecule has 1 fully saturated rings. The lowest BCUT2D eigenvalue weighted by molar-refractivity contribution is 0.607. The van der Waals surface area contributed by atoms with E-state index >= 15 is 0 Å². The number of anilines is 1. The van der Waals surface area contributed by atoms with Crippen molar-refractivity contribution in [3.8, 4) is 6.07 Å². The van der Waals surface area contributed by atoms with Crippen molar-refractivity contribution >= 4 is 5.69 Å². The zero-order valence-corrected chi connectivity index (χ0v) is 9.98. The molecular weight excluding hydrogens is 196 g/mol. The van der Waals surface area contributed by atoms with Crippen LogP contribution >= 0.6 is 0 Å². The molecule has 0 spiro atoms. The molecule has 1 aliphatic rings. The lowest BCUT2D eigenvalue weighted by Crippen LogP contribution is -2.29. The minimum atomic E-state index is 0.659. The summed E-state index contributed by atoms with van der Waals surface area (Å²) in [5, 5.41) is 8.91. The summed E-state index contributed by atoms with van der Waals surface area (Å²) in [5.41, 5.74) is 1.96. The third-order valence-corrected chi connectivity index (χ3v) is 2.86. The quantitative estimate of drug-likeness (QED) is 0.769. The monoisotopic (exact) mass is 214 g/mol. The van der Waals surface area contributed by atoms with Gasteiger partial charge >= 0.3 is 0 Å². The Bertz CT molecular complexity index is 399. The van der Waals surface area contributed by atoms with Crippen molar-refractivity contribution in [2.75, 3.05) is 11.4 Å². The lowest BCUT2D eigenvalue weighted by Gasteiger charge is -2.26. The SMILES string of the molecule is CC(C)CN(c1cccc(C#N)c1)C1CC1. The number of nitriles is 1. The third-order valence-electron chi connectivity index (χ3n) is 2.86. The number of benzene rings is 1.